The highest BCUT2D eigenvalue weighted by Crippen LogP contribution is 2.29. The van der Waals surface area contributed by atoms with E-state index in [1.165, 1.54) is 36.2 Å². The number of halogens is 4. The lowest BCUT2D eigenvalue weighted by molar-refractivity contribution is -0.137. The summed E-state index contributed by atoms with van der Waals surface area (Å²) in [6, 6.07) is 8.93. The first-order chi connectivity index (χ1) is 14.6. The van der Waals surface area contributed by atoms with E-state index in [0.717, 1.165) is 12.1 Å². The Morgan fingerprint density at radius 1 is 1.00 bits per heavy atom. The van der Waals surface area contributed by atoms with Gasteiger partial charge in [-0.2, -0.15) is 13.2 Å². The summed E-state index contributed by atoms with van der Waals surface area (Å²) in [6.45, 7) is 2.14. The molecule has 1 atom stereocenters. The van der Waals surface area contributed by atoms with Crippen molar-refractivity contribution in [3.05, 3.63) is 71.0 Å². The summed E-state index contributed by atoms with van der Waals surface area (Å²) in [6.07, 6.45) is -3.37. The third-order valence-electron chi connectivity index (χ3n) is 4.62. The highest BCUT2D eigenvalue weighted by Gasteiger charge is 2.30. The van der Waals surface area contributed by atoms with Gasteiger partial charge in [-0.25, -0.2) is 9.18 Å². The number of rotatable bonds is 8. The van der Waals surface area contributed by atoms with E-state index in [4.69, 9.17) is 0 Å². The molecular formula is C22H25F4N3O2. The van der Waals surface area contributed by atoms with Crippen LogP contribution in [-0.2, 0) is 24.1 Å². The van der Waals surface area contributed by atoms with E-state index in [1.54, 1.807) is 12.1 Å². The van der Waals surface area contributed by atoms with Gasteiger partial charge in [-0.15, -0.1) is 0 Å². The smallest absolute Gasteiger partial charge is 0.340 e. The average Bonchev–Trinajstić information content (AvgIpc) is 2.72. The number of benzene rings is 2. The van der Waals surface area contributed by atoms with Gasteiger partial charge in [0.25, 0.3) is 0 Å². The molecule has 0 fully saturated rings. The summed E-state index contributed by atoms with van der Waals surface area (Å²) in [5.74, 6) is -0.725. The van der Waals surface area contributed by atoms with Crippen molar-refractivity contribution in [2.75, 3.05) is 7.05 Å². The van der Waals surface area contributed by atoms with E-state index in [-0.39, 0.29) is 24.8 Å². The van der Waals surface area contributed by atoms with Crippen molar-refractivity contribution in [1.82, 2.24) is 15.5 Å². The maximum atomic E-state index is 12.9. The minimum atomic E-state index is -4.42. The van der Waals surface area contributed by atoms with Crippen LogP contribution < -0.4 is 10.6 Å². The van der Waals surface area contributed by atoms with Crippen molar-refractivity contribution in [2.45, 2.75) is 45.1 Å². The molecule has 5 nitrogen and oxygen atoms in total. The van der Waals surface area contributed by atoms with Crippen LogP contribution in [0.1, 0.15) is 36.5 Å². The molecule has 0 aliphatic heterocycles. The summed E-state index contributed by atoms with van der Waals surface area (Å²) in [5, 5.41) is 5.25. The molecule has 0 radical (unpaired) electrons. The molecule has 2 aromatic rings. The zero-order valence-electron chi connectivity index (χ0n) is 17.3. The number of alkyl halides is 3. The number of urea groups is 1. The summed E-state index contributed by atoms with van der Waals surface area (Å²) in [5.41, 5.74) is 0.489. The number of amides is 3. The predicted octanol–water partition coefficient (Wildman–Crippen LogP) is 4.47. The summed E-state index contributed by atoms with van der Waals surface area (Å²) >= 11 is 0. The number of nitrogens with one attached hydrogen (secondary N) is 2. The number of nitrogens with zero attached hydrogens (tertiary/aromatic N) is 1. The topological polar surface area (TPSA) is 61.4 Å². The van der Waals surface area contributed by atoms with Gasteiger partial charge in [-0.3, -0.25) is 4.79 Å². The third kappa shape index (κ3) is 7.58. The Kier molecular flexibility index (Phi) is 8.41. The van der Waals surface area contributed by atoms with Crippen molar-refractivity contribution in [3.63, 3.8) is 0 Å². The number of carbonyl (C=O) groups excluding carboxylic acids is 2. The molecule has 0 aliphatic carbocycles. The third-order valence-corrected chi connectivity index (χ3v) is 4.62. The Morgan fingerprint density at radius 3 is 2.13 bits per heavy atom. The predicted molar refractivity (Wildman–Crippen MR) is 108 cm³/mol. The Balaban J connectivity index is 1.93. The summed E-state index contributed by atoms with van der Waals surface area (Å²) < 4.78 is 51.0. The van der Waals surface area contributed by atoms with Gasteiger partial charge in [0, 0.05) is 20.1 Å². The van der Waals surface area contributed by atoms with Gasteiger partial charge in [-0.1, -0.05) is 37.6 Å². The van der Waals surface area contributed by atoms with Gasteiger partial charge in [0.1, 0.15) is 11.9 Å². The van der Waals surface area contributed by atoms with E-state index < -0.39 is 23.8 Å². The van der Waals surface area contributed by atoms with Gasteiger partial charge < -0.3 is 15.5 Å². The SMILES string of the molecule is CCCC(NC(=O)NCc1ccc(F)cc1)C(=O)N(C)Cc1ccc(C(F)(F)F)cc1. The lowest BCUT2D eigenvalue weighted by Gasteiger charge is -2.25. The van der Waals surface area contributed by atoms with Gasteiger partial charge in [-0.05, 0) is 41.8 Å². The molecule has 0 bridgehead atoms. The molecule has 168 valence electrons. The van der Waals surface area contributed by atoms with Crippen molar-refractivity contribution in [1.29, 1.82) is 0 Å². The normalized spacial score (nSPS) is 12.2. The van der Waals surface area contributed by atoms with Crippen LogP contribution in [0, 0.1) is 5.82 Å². The van der Waals surface area contributed by atoms with E-state index in [9.17, 15) is 27.2 Å². The summed E-state index contributed by atoms with van der Waals surface area (Å²) in [4.78, 5) is 26.3. The van der Waals surface area contributed by atoms with Crippen LogP contribution in [-0.4, -0.2) is 29.9 Å². The monoisotopic (exact) mass is 439 g/mol. The van der Waals surface area contributed by atoms with E-state index in [2.05, 4.69) is 10.6 Å². The average molecular weight is 439 g/mol. The lowest BCUT2D eigenvalue weighted by atomic mass is 10.1. The number of hydrogen-bond donors (Lipinski definition) is 2. The van der Waals surface area contributed by atoms with Gasteiger partial charge >= 0.3 is 12.2 Å². The van der Waals surface area contributed by atoms with Crippen LogP contribution in [0.4, 0.5) is 22.4 Å². The van der Waals surface area contributed by atoms with Crippen LogP contribution in [0.25, 0.3) is 0 Å². The lowest BCUT2D eigenvalue weighted by Crippen LogP contribution is -2.50. The first kappa shape index (κ1) is 24.2. The quantitative estimate of drug-likeness (QED) is 0.597. The Hall–Kier alpha value is -3.10. The molecule has 2 aromatic carbocycles. The second-order valence-electron chi connectivity index (χ2n) is 7.18. The highest BCUT2D eigenvalue weighted by molar-refractivity contribution is 5.86. The Labute approximate surface area is 178 Å². The van der Waals surface area contributed by atoms with Crippen molar-refractivity contribution in [2.24, 2.45) is 0 Å². The summed E-state index contributed by atoms with van der Waals surface area (Å²) in [7, 11) is 1.53. The Morgan fingerprint density at radius 2 is 1.58 bits per heavy atom. The van der Waals surface area contributed by atoms with Crippen LogP contribution in [0.2, 0.25) is 0 Å². The van der Waals surface area contributed by atoms with E-state index in [1.807, 2.05) is 6.92 Å². The molecule has 0 spiro atoms. The fourth-order valence-electron chi connectivity index (χ4n) is 2.96. The largest absolute Gasteiger partial charge is 0.416 e. The Bertz CT molecular complexity index is 868. The molecule has 0 aliphatic rings. The van der Waals surface area contributed by atoms with Crippen LogP contribution in [0.15, 0.2) is 48.5 Å². The maximum absolute atomic E-state index is 12.9. The fourth-order valence-corrected chi connectivity index (χ4v) is 2.96. The van der Waals surface area contributed by atoms with Gasteiger partial charge in [0.05, 0.1) is 5.56 Å². The first-order valence-electron chi connectivity index (χ1n) is 9.80. The zero-order chi connectivity index (χ0) is 23.0. The second kappa shape index (κ2) is 10.8. The number of carbonyl (C=O) groups is 2. The van der Waals surface area contributed by atoms with Crippen molar-refractivity contribution in [3.8, 4) is 0 Å². The van der Waals surface area contributed by atoms with Crippen LogP contribution in [0.3, 0.4) is 0 Å². The standard InChI is InChI=1S/C22H25F4N3O2/c1-3-4-19(28-21(31)27-13-15-7-11-18(23)12-8-15)20(30)29(2)14-16-5-9-17(10-6-16)22(24,25)26/h5-12,19H,3-4,13-14H2,1-2H3,(H2,27,28,31). The molecule has 0 saturated carbocycles. The minimum Gasteiger partial charge on any atom is -0.340 e. The molecule has 0 saturated heterocycles. The molecule has 1 unspecified atom stereocenters. The molecular weight excluding hydrogens is 414 g/mol. The molecule has 9 heteroatoms. The molecule has 2 N–H and O–H groups in total. The van der Waals surface area contributed by atoms with Gasteiger partial charge in [0.2, 0.25) is 5.91 Å². The zero-order valence-corrected chi connectivity index (χ0v) is 17.3. The molecule has 2 rings (SSSR count). The number of likely N-dealkylation sites (N-methyl/N-ethyl adjacent to an activating group) is 1. The van der Waals surface area contributed by atoms with Crippen LogP contribution in [0.5, 0.6) is 0 Å². The second-order valence-corrected chi connectivity index (χ2v) is 7.18. The first-order valence-corrected chi connectivity index (χ1v) is 9.80. The molecule has 0 aromatic heterocycles. The van der Waals surface area contributed by atoms with Crippen LogP contribution >= 0.6 is 0 Å². The number of hydrogen-bond acceptors (Lipinski definition) is 2. The molecule has 3 amide bonds. The van der Waals surface area contributed by atoms with Crippen molar-refractivity contribution >= 4 is 11.9 Å². The van der Waals surface area contributed by atoms with Gasteiger partial charge in [0.15, 0.2) is 0 Å². The molecule has 31 heavy (non-hydrogen) atoms. The van der Waals surface area contributed by atoms with E-state index in [0.29, 0.717) is 24.0 Å². The minimum absolute atomic E-state index is 0.107. The highest BCUT2D eigenvalue weighted by atomic mass is 19.4. The fraction of sp³-hybridized carbons (Fsp3) is 0.364. The van der Waals surface area contributed by atoms with Crippen molar-refractivity contribution < 1.29 is 27.2 Å². The maximum Gasteiger partial charge on any atom is 0.416 e. The van der Waals surface area contributed by atoms with E-state index >= 15 is 0 Å². The molecule has 0 heterocycles.